The smallest absolute Gasteiger partial charge is 0.141 e. The number of pyridine rings is 1. The summed E-state index contributed by atoms with van der Waals surface area (Å²) in [4.78, 5) is 3.81. The van der Waals surface area contributed by atoms with Gasteiger partial charge in [-0.05, 0) is 24.5 Å². The molecule has 70 valence electrons. The van der Waals surface area contributed by atoms with E-state index in [1.54, 1.807) is 11.2 Å². The Hall–Kier alpha value is -1.00. The first-order chi connectivity index (χ1) is 6.27. The van der Waals surface area contributed by atoms with Gasteiger partial charge in [0.1, 0.15) is 5.82 Å². The van der Waals surface area contributed by atoms with Crippen LogP contribution in [-0.2, 0) is 0 Å². The van der Waals surface area contributed by atoms with Crippen molar-refractivity contribution in [1.29, 1.82) is 0 Å². The minimum Gasteiger partial charge on any atom is -0.268 e. The Bertz CT molecular complexity index is 303. The van der Waals surface area contributed by atoms with Crippen molar-refractivity contribution < 1.29 is 4.39 Å². The second-order valence-corrected chi connectivity index (χ2v) is 3.33. The molecule has 1 aromatic heterocycles. The maximum Gasteiger partial charge on any atom is 0.141 e. The molecule has 1 saturated heterocycles. The summed E-state index contributed by atoms with van der Waals surface area (Å²) in [6.45, 7) is 0.876. The fraction of sp³-hybridized carbons (Fsp3) is 0.444. The summed E-state index contributed by atoms with van der Waals surface area (Å²) < 4.78 is 12.8. The van der Waals surface area contributed by atoms with Crippen LogP contribution in [0.4, 0.5) is 4.39 Å². The number of halogens is 1. The number of nitrogens with two attached hydrogens (primary N) is 1. The monoisotopic (exact) mass is 181 g/mol. The summed E-state index contributed by atoms with van der Waals surface area (Å²) in [5, 5.41) is 1.75. The molecule has 0 radical (unpaired) electrons. The molecule has 0 bridgehead atoms. The second-order valence-electron chi connectivity index (χ2n) is 3.33. The highest BCUT2D eigenvalue weighted by molar-refractivity contribution is 5.15. The van der Waals surface area contributed by atoms with Crippen LogP contribution in [0.2, 0.25) is 0 Å². The highest BCUT2D eigenvalue weighted by atomic mass is 19.1. The maximum atomic E-state index is 12.8. The van der Waals surface area contributed by atoms with E-state index in [4.69, 9.17) is 5.84 Å². The molecule has 1 fully saturated rings. The van der Waals surface area contributed by atoms with E-state index < -0.39 is 0 Å². The lowest BCUT2D eigenvalue weighted by molar-refractivity contribution is 0.265. The summed E-state index contributed by atoms with van der Waals surface area (Å²) in [6.07, 6.45) is 4.94. The molecular weight excluding hydrogens is 169 g/mol. The first-order valence-electron chi connectivity index (χ1n) is 4.39. The fourth-order valence-electron chi connectivity index (χ4n) is 1.76. The van der Waals surface area contributed by atoms with E-state index in [0.717, 1.165) is 24.9 Å². The summed E-state index contributed by atoms with van der Waals surface area (Å²) in [5.74, 6) is 5.45. The molecule has 13 heavy (non-hydrogen) atoms. The van der Waals surface area contributed by atoms with Crippen LogP contribution in [0.5, 0.6) is 0 Å². The van der Waals surface area contributed by atoms with Gasteiger partial charge in [0, 0.05) is 12.7 Å². The summed E-state index contributed by atoms with van der Waals surface area (Å²) in [6, 6.07) is 1.64. The Kier molecular flexibility index (Phi) is 2.24. The largest absolute Gasteiger partial charge is 0.268 e. The van der Waals surface area contributed by atoms with Crippen molar-refractivity contribution in [3.05, 3.63) is 29.8 Å². The Morgan fingerprint density at radius 2 is 2.38 bits per heavy atom. The number of hydrazine groups is 1. The molecule has 0 spiro atoms. The van der Waals surface area contributed by atoms with E-state index >= 15 is 0 Å². The Morgan fingerprint density at radius 1 is 1.54 bits per heavy atom. The lowest BCUT2D eigenvalue weighted by Gasteiger charge is -2.18. The second kappa shape index (κ2) is 3.40. The van der Waals surface area contributed by atoms with Gasteiger partial charge in [0.25, 0.3) is 0 Å². The van der Waals surface area contributed by atoms with E-state index in [-0.39, 0.29) is 11.9 Å². The van der Waals surface area contributed by atoms with Crippen LogP contribution in [0.1, 0.15) is 24.4 Å². The number of rotatable bonds is 1. The van der Waals surface area contributed by atoms with Crippen LogP contribution in [0.3, 0.4) is 0 Å². The Morgan fingerprint density at radius 3 is 3.00 bits per heavy atom. The molecule has 1 aliphatic rings. The van der Waals surface area contributed by atoms with Crippen molar-refractivity contribution in [2.45, 2.75) is 18.9 Å². The standard InChI is InChI=1S/C9H12FN3/c10-8-4-7(5-12-6-8)9-2-1-3-13(9)11/h4-6,9H,1-3,11H2/t9-/m1/s1. The number of nitrogens with zero attached hydrogens (tertiary/aromatic N) is 2. The van der Waals surface area contributed by atoms with Gasteiger partial charge in [-0.3, -0.25) is 10.8 Å². The van der Waals surface area contributed by atoms with Crippen molar-refractivity contribution in [2.75, 3.05) is 6.54 Å². The third-order valence-corrected chi connectivity index (χ3v) is 2.41. The van der Waals surface area contributed by atoms with Crippen molar-refractivity contribution in [2.24, 2.45) is 5.84 Å². The molecule has 0 aromatic carbocycles. The third-order valence-electron chi connectivity index (χ3n) is 2.41. The van der Waals surface area contributed by atoms with E-state index in [9.17, 15) is 4.39 Å². The quantitative estimate of drug-likeness (QED) is 0.662. The molecule has 0 aliphatic carbocycles. The van der Waals surface area contributed by atoms with Crippen molar-refractivity contribution >= 4 is 0 Å². The van der Waals surface area contributed by atoms with Gasteiger partial charge in [-0.15, -0.1) is 0 Å². The molecule has 2 N–H and O–H groups in total. The highest BCUT2D eigenvalue weighted by Crippen LogP contribution is 2.28. The van der Waals surface area contributed by atoms with Gasteiger partial charge in [-0.25, -0.2) is 9.40 Å². The van der Waals surface area contributed by atoms with Crippen LogP contribution in [0.25, 0.3) is 0 Å². The van der Waals surface area contributed by atoms with E-state index in [0.29, 0.717) is 0 Å². The third kappa shape index (κ3) is 1.68. The molecule has 0 unspecified atom stereocenters. The predicted molar refractivity (Wildman–Crippen MR) is 47.1 cm³/mol. The van der Waals surface area contributed by atoms with Crippen LogP contribution >= 0.6 is 0 Å². The van der Waals surface area contributed by atoms with E-state index in [1.165, 1.54) is 12.3 Å². The van der Waals surface area contributed by atoms with Gasteiger partial charge >= 0.3 is 0 Å². The normalized spacial score (nSPS) is 23.7. The average molecular weight is 181 g/mol. The summed E-state index contributed by atoms with van der Waals surface area (Å²) in [7, 11) is 0. The summed E-state index contributed by atoms with van der Waals surface area (Å²) >= 11 is 0. The Balaban J connectivity index is 2.24. The molecular formula is C9H12FN3. The lowest BCUT2D eigenvalue weighted by Crippen LogP contribution is -2.30. The first-order valence-corrected chi connectivity index (χ1v) is 4.39. The van der Waals surface area contributed by atoms with Crippen LogP contribution in [0, 0.1) is 5.82 Å². The zero-order chi connectivity index (χ0) is 9.26. The average Bonchev–Trinajstić information content (AvgIpc) is 2.51. The van der Waals surface area contributed by atoms with Gasteiger partial charge in [-0.1, -0.05) is 0 Å². The van der Waals surface area contributed by atoms with Crippen LogP contribution in [-0.4, -0.2) is 16.5 Å². The topological polar surface area (TPSA) is 42.1 Å². The minimum atomic E-state index is -0.294. The molecule has 4 heteroatoms. The molecule has 3 nitrogen and oxygen atoms in total. The molecule has 1 atom stereocenters. The lowest BCUT2D eigenvalue weighted by atomic mass is 10.1. The van der Waals surface area contributed by atoms with Crippen molar-refractivity contribution in [1.82, 2.24) is 9.99 Å². The molecule has 1 aliphatic heterocycles. The van der Waals surface area contributed by atoms with Crippen molar-refractivity contribution in [3.63, 3.8) is 0 Å². The highest BCUT2D eigenvalue weighted by Gasteiger charge is 2.23. The number of aromatic nitrogens is 1. The van der Waals surface area contributed by atoms with E-state index in [2.05, 4.69) is 4.98 Å². The SMILES string of the molecule is NN1CCC[C@@H]1c1cncc(F)c1. The van der Waals surface area contributed by atoms with E-state index in [1.807, 2.05) is 0 Å². The molecule has 0 amide bonds. The molecule has 2 rings (SSSR count). The van der Waals surface area contributed by atoms with Gasteiger partial charge in [0.15, 0.2) is 0 Å². The summed E-state index contributed by atoms with van der Waals surface area (Å²) in [5.41, 5.74) is 0.875. The zero-order valence-electron chi connectivity index (χ0n) is 7.28. The molecule has 1 aromatic rings. The van der Waals surface area contributed by atoms with Gasteiger partial charge in [0.2, 0.25) is 0 Å². The van der Waals surface area contributed by atoms with Gasteiger partial charge < -0.3 is 0 Å². The number of hydrogen-bond acceptors (Lipinski definition) is 3. The first kappa shape index (κ1) is 8.59. The fourth-order valence-corrected chi connectivity index (χ4v) is 1.76. The van der Waals surface area contributed by atoms with Crippen molar-refractivity contribution in [3.8, 4) is 0 Å². The zero-order valence-corrected chi connectivity index (χ0v) is 7.28. The maximum absolute atomic E-state index is 12.8. The van der Waals surface area contributed by atoms with Gasteiger partial charge in [-0.2, -0.15) is 0 Å². The van der Waals surface area contributed by atoms with Gasteiger partial charge in [0.05, 0.1) is 12.2 Å². The number of hydrogen-bond donors (Lipinski definition) is 1. The molecule has 0 saturated carbocycles. The van der Waals surface area contributed by atoms with Crippen LogP contribution in [0.15, 0.2) is 18.5 Å². The van der Waals surface area contributed by atoms with Crippen LogP contribution < -0.4 is 5.84 Å². The minimum absolute atomic E-state index is 0.142. The molecule has 2 heterocycles. The predicted octanol–water partition coefficient (Wildman–Crippen LogP) is 1.23. The Labute approximate surface area is 76.3 Å².